The molecule has 4 aromatic rings. The molecule has 0 saturated carbocycles. The summed E-state index contributed by atoms with van der Waals surface area (Å²) in [5.41, 5.74) is 4.11. The number of hydrogen-bond donors (Lipinski definition) is 3. The van der Waals surface area contributed by atoms with Gasteiger partial charge in [0.25, 0.3) is 0 Å². The van der Waals surface area contributed by atoms with Gasteiger partial charge in [0.15, 0.2) is 0 Å². The fourth-order valence-electron chi connectivity index (χ4n) is 6.49. The van der Waals surface area contributed by atoms with Crippen LogP contribution in [-0.2, 0) is 29.1 Å². The maximum Gasteiger partial charge on any atom is 0.326 e. The number of carboxylic acids is 1. The normalized spacial score (nSPS) is 16.7. The Bertz CT molecular complexity index is 1970. The van der Waals surface area contributed by atoms with E-state index in [9.17, 15) is 20.3 Å². The Morgan fingerprint density at radius 2 is 1.87 bits per heavy atom. The highest BCUT2D eigenvalue weighted by Crippen LogP contribution is 2.45. The number of nitriles is 1. The number of pyridine rings is 1. The van der Waals surface area contributed by atoms with Crippen molar-refractivity contribution in [3.63, 3.8) is 0 Å². The van der Waals surface area contributed by atoms with Gasteiger partial charge in [-0.25, -0.2) is 0 Å². The molecule has 6 rings (SSSR count). The first-order chi connectivity index (χ1) is 25.7. The van der Waals surface area contributed by atoms with Gasteiger partial charge >= 0.3 is 5.97 Å². The summed E-state index contributed by atoms with van der Waals surface area (Å²) in [5, 5.41) is 32.5. The predicted molar refractivity (Wildman–Crippen MR) is 201 cm³/mol. The molecule has 2 heterocycles. The molecule has 1 saturated heterocycles. The van der Waals surface area contributed by atoms with E-state index in [2.05, 4.69) is 33.4 Å². The van der Waals surface area contributed by atoms with Crippen LogP contribution in [0.5, 0.6) is 17.2 Å². The predicted octanol–water partition coefficient (Wildman–Crippen LogP) is 6.60. The van der Waals surface area contributed by atoms with Crippen molar-refractivity contribution in [3.05, 3.63) is 105 Å². The second-order valence-electron chi connectivity index (χ2n) is 13.3. The number of aliphatic hydroxyl groups is 1. The number of rotatable bonds is 16. The van der Waals surface area contributed by atoms with Gasteiger partial charge in [0.05, 0.1) is 42.0 Å². The molecule has 1 aliphatic carbocycles. The third kappa shape index (κ3) is 9.22. The van der Waals surface area contributed by atoms with Gasteiger partial charge in [0.1, 0.15) is 41.6 Å². The number of aromatic nitrogens is 1. The van der Waals surface area contributed by atoms with Gasteiger partial charge in [0.2, 0.25) is 0 Å². The summed E-state index contributed by atoms with van der Waals surface area (Å²) in [4.78, 5) is 18.3. The molecule has 13 heteroatoms. The number of ether oxygens (including phenoxy) is 4. The molecule has 3 N–H and O–H groups in total. The van der Waals surface area contributed by atoms with Gasteiger partial charge in [-0.2, -0.15) is 5.26 Å². The van der Waals surface area contributed by atoms with E-state index in [1.807, 2.05) is 24.3 Å². The van der Waals surface area contributed by atoms with Crippen molar-refractivity contribution in [2.75, 3.05) is 46.1 Å². The molecule has 1 aliphatic heterocycles. The summed E-state index contributed by atoms with van der Waals surface area (Å²) in [7, 11) is 0. The molecule has 0 amide bonds. The van der Waals surface area contributed by atoms with E-state index >= 15 is 0 Å². The van der Waals surface area contributed by atoms with E-state index in [-0.39, 0.29) is 19.3 Å². The summed E-state index contributed by atoms with van der Waals surface area (Å²) in [5.74, 6) is 0.241. The summed E-state index contributed by atoms with van der Waals surface area (Å²) in [6, 6.07) is 19.1. The highest BCUT2D eigenvalue weighted by atomic mass is 35.5. The largest absolute Gasteiger partial charge is 0.492 e. The van der Waals surface area contributed by atoms with Crippen molar-refractivity contribution in [1.82, 2.24) is 15.2 Å². The number of hydrogen-bond acceptors (Lipinski definition) is 10. The van der Waals surface area contributed by atoms with E-state index in [1.54, 1.807) is 24.4 Å². The maximum atomic E-state index is 11.8. The fraction of sp³-hybridized carbons (Fsp3) is 0.375. The topological polar surface area (TPSA) is 146 Å². The lowest BCUT2D eigenvalue weighted by Crippen LogP contribution is -2.52. The first kappa shape index (κ1) is 38.3. The van der Waals surface area contributed by atoms with Gasteiger partial charge in [-0.1, -0.05) is 53.5 Å². The molecule has 1 aromatic heterocycles. The summed E-state index contributed by atoms with van der Waals surface area (Å²) in [6.07, 6.45) is 5.12. The average Bonchev–Trinajstić information content (AvgIpc) is 3.59. The number of morpholine rings is 1. The highest BCUT2D eigenvalue weighted by molar-refractivity contribution is 6.35. The first-order valence-electron chi connectivity index (χ1n) is 17.6. The number of carboxylic acid groups (broad SMARTS) is 1. The number of carbonyl (C=O) groups is 1. The van der Waals surface area contributed by atoms with Gasteiger partial charge in [-0.05, 0) is 61.1 Å². The zero-order valence-electron chi connectivity index (χ0n) is 29.4. The fourth-order valence-corrected chi connectivity index (χ4v) is 7.00. The number of halogens is 2. The van der Waals surface area contributed by atoms with Crippen molar-refractivity contribution in [3.8, 4) is 34.4 Å². The van der Waals surface area contributed by atoms with Crippen LogP contribution in [0.1, 0.15) is 53.7 Å². The molecule has 0 bridgehead atoms. The van der Waals surface area contributed by atoms with Crippen LogP contribution in [0.25, 0.3) is 11.1 Å². The first-order valence-corrected chi connectivity index (χ1v) is 18.3. The van der Waals surface area contributed by atoms with E-state index in [0.717, 1.165) is 67.9 Å². The second-order valence-corrected chi connectivity index (χ2v) is 14.1. The lowest BCUT2D eigenvalue weighted by Gasteiger charge is -2.26. The van der Waals surface area contributed by atoms with E-state index in [1.165, 1.54) is 13.1 Å². The second kappa shape index (κ2) is 17.6. The Morgan fingerprint density at radius 3 is 2.64 bits per heavy atom. The molecule has 3 aromatic carbocycles. The molecule has 0 unspecified atom stereocenters. The Labute approximate surface area is 319 Å². The third-order valence-electron chi connectivity index (χ3n) is 9.61. The minimum absolute atomic E-state index is 0.0300. The van der Waals surface area contributed by atoms with Crippen molar-refractivity contribution in [2.24, 2.45) is 0 Å². The van der Waals surface area contributed by atoms with Crippen LogP contribution in [0, 0.1) is 11.3 Å². The summed E-state index contributed by atoms with van der Waals surface area (Å²) >= 11 is 13.8. The van der Waals surface area contributed by atoms with Crippen LogP contribution in [-0.4, -0.2) is 77.7 Å². The summed E-state index contributed by atoms with van der Waals surface area (Å²) < 4.78 is 24.4. The van der Waals surface area contributed by atoms with E-state index in [4.69, 9.17) is 42.1 Å². The minimum atomic E-state index is -1.59. The van der Waals surface area contributed by atoms with Gasteiger partial charge in [-0.3, -0.25) is 20.0 Å². The quantitative estimate of drug-likeness (QED) is 0.106. The number of benzene rings is 3. The number of nitrogens with one attached hydrogen (secondary N) is 1. The molecule has 11 nitrogen and oxygen atoms in total. The monoisotopic (exact) mass is 760 g/mol. The Balaban J connectivity index is 1.21. The molecule has 53 heavy (non-hydrogen) atoms. The lowest BCUT2D eigenvalue weighted by atomic mass is 9.96. The molecule has 2 atom stereocenters. The van der Waals surface area contributed by atoms with Crippen molar-refractivity contribution >= 4 is 29.2 Å². The van der Waals surface area contributed by atoms with Crippen LogP contribution >= 0.6 is 23.2 Å². The van der Waals surface area contributed by atoms with Crippen molar-refractivity contribution < 1.29 is 34.0 Å². The van der Waals surface area contributed by atoms with Gasteiger partial charge in [-0.15, -0.1) is 0 Å². The van der Waals surface area contributed by atoms with Gasteiger partial charge in [0, 0.05) is 61.3 Å². The molecule has 0 spiro atoms. The van der Waals surface area contributed by atoms with Crippen LogP contribution in [0.2, 0.25) is 10.0 Å². The Hall–Kier alpha value is -4.41. The van der Waals surface area contributed by atoms with Crippen molar-refractivity contribution in [1.29, 1.82) is 5.26 Å². The minimum Gasteiger partial charge on any atom is -0.492 e. The van der Waals surface area contributed by atoms with Crippen molar-refractivity contribution in [2.45, 2.75) is 51.0 Å². The smallest absolute Gasteiger partial charge is 0.326 e. The number of fused-ring (bicyclic) bond motifs is 1. The highest BCUT2D eigenvalue weighted by Gasteiger charge is 2.33. The standard InChI is InChI=1S/C40H42Cl2N4O7/c1-40(25-47,39(48)49)45-23-28-18-33(41)37(19-36(28)52-24-27-17-26(20-43)21-44-22-27)53-34-10-9-30-29(5-2-6-31(30)34)32-7-3-8-35(38(32)42)51-14-4-11-46-12-15-50-16-13-46/h2-3,5-8,17-19,21-22,34,45,47H,4,9-16,23-25H2,1H3,(H,48,49)/t34-,40+/m0/s1. The van der Waals surface area contributed by atoms with Crippen LogP contribution < -0.4 is 19.5 Å². The van der Waals surface area contributed by atoms with E-state index < -0.39 is 18.1 Å². The van der Waals surface area contributed by atoms with Crippen LogP contribution in [0.3, 0.4) is 0 Å². The molecule has 0 radical (unpaired) electrons. The zero-order valence-corrected chi connectivity index (χ0v) is 31.0. The molecular weight excluding hydrogens is 719 g/mol. The summed E-state index contributed by atoms with van der Waals surface area (Å²) in [6.45, 7) is 5.83. The zero-order chi connectivity index (χ0) is 37.4. The number of aliphatic hydroxyl groups excluding tert-OH is 1. The molecular formula is C40H42Cl2N4O7. The molecule has 278 valence electrons. The lowest BCUT2D eigenvalue weighted by molar-refractivity contribution is -0.145. The van der Waals surface area contributed by atoms with E-state index in [0.29, 0.717) is 57.0 Å². The third-order valence-corrected chi connectivity index (χ3v) is 10.3. The Kier molecular flexibility index (Phi) is 12.7. The number of nitrogens with zero attached hydrogens (tertiary/aromatic N) is 3. The molecule has 2 aliphatic rings. The van der Waals surface area contributed by atoms with Crippen LogP contribution in [0.4, 0.5) is 0 Å². The van der Waals surface area contributed by atoms with Gasteiger partial charge < -0.3 is 29.2 Å². The maximum absolute atomic E-state index is 11.8. The Morgan fingerprint density at radius 1 is 1.08 bits per heavy atom. The van der Waals surface area contributed by atoms with Crippen LogP contribution in [0.15, 0.2) is 67.0 Å². The molecule has 1 fully saturated rings. The average molecular weight is 762 g/mol. The number of aliphatic carboxylic acids is 1. The SMILES string of the molecule is C[C@](CO)(NCc1cc(Cl)c(O[C@H]2CCc3c(-c4cccc(OCCCN5CCOCC5)c4Cl)cccc32)cc1OCc1cncc(C#N)c1)C(=O)O.